The van der Waals surface area contributed by atoms with Crippen LogP contribution < -0.4 is 10.0 Å². The lowest BCUT2D eigenvalue weighted by molar-refractivity contribution is -0.119. The van der Waals surface area contributed by atoms with E-state index in [4.69, 9.17) is 14.2 Å². The predicted octanol–water partition coefficient (Wildman–Crippen LogP) is 3.84. The molecule has 206 valence electrons. The van der Waals surface area contributed by atoms with E-state index in [1.165, 1.54) is 44.4 Å². The fourth-order valence-corrected chi connectivity index (χ4v) is 5.66. The molecule has 1 amide bonds. The van der Waals surface area contributed by atoms with Crippen molar-refractivity contribution in [3.8, 4) is 0 Å². The molecule has 0 aliphatic rings. The molecule has 1 heterocycles. The van der Waals surface area contributed by atoms with Crippen LogP contribution in [0.3, 0.4) is 0 Å². The number of thiophene rings is 1. The van der Waals surface area contributed by atoms with E-state index in [0.717, 1.165) is 29.6 Å². The summed E-state index contributed by atoms with van der Waals surface area (Å²) in [7, 11) is -1.50. The van der Waals surface area contributed by atoms with Gasteiger partial charge in [-0.15, -0.1) is 11.3 Å². The van der Waals surface area contributed by atoms with Crippen LogP contribution in [0.2, 0.25) is 0 Å². The number of ether oxygens (including phenoxy) is 3. The van der Waals surface area contributed by atoms with E-state index < -0.39 is 40.4 Å². The summed E-state index contributed by atoms with van der Waals surface area (Å²) in [6, 6.07) is 10.3. The van der Waals surface area contributed by atoms with Crippen molar-refractivity contribution < 1.29 is 41.8 Å². The number of carbonyl (C=O) groups excluding carboxylic acids is 4. The SMILES string of the molecule is COC(=O)c1sc(NC(=O)COC(=O)c2ccc(NS(=O)(=O)c3ccc(C)c(C)c3)cc2)c(C(=O)OC)c1C. The van der Waals surface area contributed by atoms with Crippen molar-refractivity contribution in [1.82, 2.24) is 0 Å². The van der Waals surface area contributed by atoms with Crippen molar-refractivity contribution in [1.29, 1.82) is 0 Å². The Kier molecular flexibility index (Phi) is 9.09. The van der Waals surface area contributed by atoms with Gasteiger partial charge in [0.05, 0.1) is 30.2 Å². The molecule has 0 atom stereocenters. The standard InChI is InChI=1S/C26H26N2O9S2/c1-14-6-11-19(12-15(14)2)39(33,34)28-18-9-7-17(8-10-18)24(30)37-13-20(29)27-23-21(25(31)35-4)16(3)22(38-23)26(32)36-5/h6-12,28H,13H2,1-5H3,(H,27,29). The number of sulfonamides is 1. The average molecular weight is 575 g/mol. The van der Waals surface area contributed by atoms with Crippen LogP contribution in [-0.2, 0) is 29.0 Å². The zero-order valence-corrected chi connectivity index (χ0v) is 23.4. The Morgan fingerprint density at radius 2 is 1.49 bits per heavy atom. The summed E-state index contributed by atoms with van der Waals surface area (Å²) >= 11 is 0.823. The molecule has 0 aliphatic heterocycles. The van der Waals surface area contributed by atoms with Gasteiger partial charge in [-0.05, 0) is 73.9 Å². The maximum absolute atomic E-state index is 12.7. The highest BCUT2D eigenvalue weighted by molar-refractivity contribution is 7.92. The van der Waals surface area contributed by atoms with Gasteiger partial charge in [-0.3, -0.25) is 9.52 Å². The third-order valence-corrected chi connectivity index (χ3v) is 8.22. The van der Waals surface area contributed by atoms with Crippen molar-refractivity contribution in [3.05, 3.63) is 75.2 Å². The smallest absolute Gasteiger partial charge is 0.348 e. The topological polar surface area (TPSA) is 154 Å². The number of hydrogen-bond acceptors (Lipinski definition) is 10. The number of hydrogen-bond donors (Lipinski definition) is 2. The molecule has 3 aromatic rings. The first-order valence-corrected chi connectivity index (χ1v) is 13.6. The van der Waals surface area contributed by atoms with E-state index in [1.807, 2.05) is 13.8 Å². The number of esters is 3. The fraction of sp³-hybridized carbons (Fsp3) is 0.231. The largest absolute Gasteiger partial charge is 0.465 e. The van der Waals surface area contributed by atoms with Gasteiger partial charge in [-0.1, -0.05) is 6.07 Å². The lowest BCUT2D eigenvalue weighted by Crippen LogP contribution is -2.21. The molecule has 3 rings (SSSR count). The molecule has 39 heavy (non-hydrogen) atoms. The molecule has 0 saturated carbocycles. The molecule has 0 bridgehead atoms. The number of benzene rings is 2. The first-order chi connectivity index (χ1) is 18.4. The Morgan fingerprint density at radius 3 is 2.08 bits per heavy atom. The van der Waals surface area contributed by atoms with Crippen molar-refractivity contribution in [2.75, 3.05) is 30.9 Å². The number of rotatable bonds is 9. The highest BCUT2D eigenvalue weighted by Gasteiger charge is 2.27. The number of carbonyl (C=O) groups is 4. The van der Waals surface area contributed by atoms with Gasteiger partial charge in [-0.2, -0.15) is 0 Å². The average Bonchev–Trinajstić information content (AvgIpc) is 3.23. The number of anilines is 2. The number of methoxy groups -OCH3 is 2. The van der Waals surface area contributed by atoms with Gasteiger partial charge in [0, 0.05) is 5.69 Å². The van der Waals surface area contributed by atoms with Crippen LogP contribution in [0.1, 0.15) is 47.1 Å². The van der Waals surface area contributed by atoms with Gasteiger partial charge in [0.15, 0.2) is 6.61 Å². The van der Waals surface area contributed by atoms with E-state index >= 15 is 0 Å². The van der Waals surface area contributed by atoms with Crippen LogP contribution in [0.4, 0.5) is 10.7 Å². The molecule has 1 aromatic heterocycles. The van der Waals surface area contributed by atoms with E-state index in [2.05, 4.69) is 10.0 Å². The van der Waals surface area contributed by atoms with Gasteiger partial charge >= 0.3 is 17.9 Å². The normalized spacial score (nSPS) is 10.9. The first-order valence-electron chi connectivity index (χ1n) is 11.3. The summed E-state index contributed by atoms with van der Waals surface area (Å²) in [5.74, 6) is -3.04. The maximum atomic E-state index is 12.7. The fourth-order valence-electron chi connectivity index (χ4n) is 3.38. The second-order valence-corrected chi connectivity index (χ2v) is 11.0. The summed E-state index contributed by atoms with van der Waals surface area (Å²) in [6.45, 7) is 4.51. The molecule has 0 aliphatic carbocycles. The summed E-state index contributed by atoms with van der Waals surface area (Å²) in [5, 5.41) is 2.49. The minimum atomic E-state index is -3.84. The lowest BCUT2D eigenvalue weighted by Gasteiger charge is -2.10. The zero-order valence-electron chi connectivity index (χ0n) is 21.7. The molecule has 11 nitrogen and oxygen atoms in total. The Morgan fingerprint density at radius 1 is 0.846 bits per heavy atom. The molecule has 0 radical (unpaired) electrons. The van der Waals surface area contributed by atoms with Gasteiger partial charge in [-0.25, -0.2) is 22.8 Å². The van der Waals surface area contributed by atoms with Gasteiger partial charge in [0.25, 0.3) is 15.9 Å². The van der Waals surface area contributed by atoms with Gasteiger partial charge in [0.1, 0.15) is 9.88 Å². The quantitative estimate of drug-likeness (QED) is 0.286. The van der Waals surface area contributed by atoms with Crippen LogP contribution in [-0.4, -0.2) is 53.1 Å². The van der Waals surface area contributed by atoms with Crippen LogP contribution in [0.5, 0.6) is 0 Å². The van der Waals surface area contributed by atoms with Crippen LogP contribution in [0.15, 0.2) is 47.4 Å². The Labute approximate surface area is 229 Å². The Balaban J connectivity index is 1.64. The van der Waals surface area contributed by atoms with E-state index in [-0.39, 0.29) is 37.2 Å². The number of nitrogens with one attached hydrogen (secondary N) is 2. The van der Waals surface area contributed by atoms with Crippen LogP contribution in [0, 0.1) is 20.8 Å². The van der Waals surface area contributed by atoms with E-state index in [0.29, 0.717) is 0 Å². The predicted molar refractivity (Wildman–Crippen MR) is 144 cm³/mol. The number of aryl methyl sites for hydroxylation is 2. The molecule has 0 fully saturated rings. The molecular formula is C26H26N2O9S2. The third-order valence-electron chi connectivity index (χ3n) is 5.66. The molecule has 2 aromatic carbocycles. The van der Waals surface area contributed by atoms with E-state index in [9.17, 15) is 27.6 Å². The lowest BCUT2D eigenvalue weighted by atomic mass is 10.1. The molecule has 0 spiro atoms. The number of amides is 1. The van der Waals surface area contributed by atoms with Crippen molar-refractivity contribution in [2.45, 2.75) is 25.7 Å². The van der Waals surface area contributed by atoms with Crippen LogP contribution >= 0.6 is 11.3 Å². The Bertz CT molecular complexity index is 1540. The van der Waals surface area contributed by atoms with Crippen molar-refractivity contribution in [3.63, 3.8) is 0 Å². The summed E-state index contributed by atoms with van der Waals surface area (Å²) < 4.78 is 42.3. The Hall–Kier alpha value is -4.23. The first kappa shape index (κ1) is 29.3. The highest BCUT2D eigenvalue weighted by atomic mass is 32.2. The van der Waals surface area contributed by atoms with Gasteiger partial charge < -0.3 is 19.5 Å². The molecule has 13 heteroatoms. The summed E-state index contributed by atoms with van der Waals surface area (Å²) in [4.78, 5) is 49.2. The van der Waals surface area contributed by atoms with Gasteiger partial charge in [0.2, 0.25) is 0 Å². The zero-order chi connectivity index (χ0) is 28.9. The highest BCUT2D eigenvalue weighted by Crippen LogP contribution is 2.34. The molecule has 0 unspecified atom stereocenters. The maximum Gasteiger partial charge on any atom is 0.348 e. The summed E-state index contributed by atoms with van der Waals surface area (Å²) in [5.41, 5.74) is 2.37. The second-order valence-electron chi connectivity index (χ2n) is 8.30. The second kappa shape index (κ2) is 12.1. The molecule has 2 N–H and O–H groups in total. The van der Waals surface area contributed by atoms with Crippen LogP contribution in [0.25, 0.3) is 0 Å². The minimum Gasteiger partial charge on any atom is -0.465 e. The third kappa shape index (κ3) is 6.81. The van der Waals surface area contributed by atoms with Crippen molar-refractivity contribution in [2.24, 2.45) is 0 Å². The minimum absolute atomic E-state index is 0.0126. The summed E-state index contributed by atoms with van der Waals surface area (Å²) in [6.07, 6.45) is 0. The molecular weight excluding hydrogens is 548 g/mol. The molecule has 0 saturated heterocycles. The van der Waals surface area contributed by atoms with Crippen molar-refractivity contribution >= 4 is 55.9 Å². The van der Waals surface area contributed by atoms with E-state index in [1.54, 1.807) is 12.1 Å². The monoisotopic (exact) mass is 574 g/mol.